The van der Waals surface area contributed by atoms with E-state index < -0.39 is 18.1 Å². The first-order valence-electron chi connectivity index (χ1n) is 7.30. The number of H-pyrrole nitrogens is 1. The number of ether oxygens (including phenoxy) is 1. The molecule has 0 atom stereocenters. The van der Waals surface area contributed by atoms with E-state index in [9.17, 15) is 13.2 Å². The van der Waals surface area contributed by atoms with Crippen molar-refractivity contribution >= 4 is 11.0 Å². The molecular formula is C15H9F3N6O2. The number of fused-ring (bicyclic) bond motifs is 1. The Labute approximate surface area is 143 Å². The molecule has 0 aliphatic rings. The largest absolute Gasteiger partial charge is 0.485 e. The zero-order chi connectivity index (χ0) is 18.1. The van der Waals surface area contributed by atoms with E-state index in [0.717, 1.165) is 6.07 Å². The lowest BCUT2D eigenvalue weighted by molar-refractivity contribution is 0.116. The van der Waals surface area contributed by atoms with Gasteiger partial charge in [0.25, 0.3) is 5.89 Å². The molecule has 132 valence electrons. The van der Waals surface area contributed by atoms with Gasteiger partial charge in [0.05, 0.1) is 11.1 Å². The van der Waals surface area contributed by atoms with Gasteiger partial charge in [-0.1, -0.05) is 11.3 Å². The van der Waals surface area contributed by atoms with Crippen molar-refractivity contribution in [2.24, 2.45) is 0 Å². The topological polar surface area (TPSA) is 103 Å². The second-order valence-corrected chi connectivity index (χ2v) is 5.15. The van der Waals surface area contributed by atoms with Crippen molar-refractivity contribution in [3.05, 3.63) is 47.9 Å². The maximum atomic E-state index is 14.2. The minimum Gasteiger partial charge on any atom is -0.485 e. The molecular weight excluding hydrogens is 353 g/mol. The summed E-state index contributed by atoms with van der Waals surface area (Å²) in [7, 11) is 0. The highest BCUT2D eigenvalue weighted by Gasteiger charge is 2.18. The standard InChI is InChI=1S/C15H9F3N6O2/c16-8-4-7(14-22-23-15(26-14)13(17)18)5-19-10(8)6-25-11-3-1-2-9-12(11)21-24-20-9/h1-5,13H,6H2,(H,20,21,24). The highest BCUT2D eigenvalue weighted by Crippen LogP contribution is 2.25. The molecule has 0 aliphatic heterocycles. The summed E-state index contributed by atoms with van der Waals surface area (Å²) in [6.45, 7) is -0.162. The van der Waals surface area contributed by atoms with Gasteiger partial charge in [-0.2, -0.15) is 8.78 Å². The summed E-state index contributed by atoms with van der Waals surface area (Å²) < 4.78 is 49.5. The summed E-state index contributed by atoms with van der Waals surface area (Å²) in [6.07, 6.45) is -1.66. The molecule has 3 aromatic heterocycles. The van der Waals surface area contributed by atoms with Crippen LogP contribution in [0.5, 0.6) is 5.75 Å². The SMILES string of the molecule is Fc1cc(-c2nnc(C(F)F)o2)cnc1COc1cccc2[nH]nnc12. The van der Waals surface area contributed by atoms with Crippen LogP contribution in [0.15, 0.2) is 34.9 Å². The molecule has 0 aliphatic carbocycles. The molecule has 1 N–H and O–H groups in total. The average molecular weight is 362 g/mol. The van der Waals surface area contributed by atoms with Gasteiger partial charge in [-0.3, -0.25) is 10.1 Å². The minimum atomic E-state index is -2.90. The van der Waals surface area contributed by atoms with Crippen LogP contribution in [-0.4, -0.2) is 30.6 Å². The molecule has 0 bridgehead atoms. The number of hydrogen-bond donors (Lipinski definition) is 1. The number of benzene rings is 1. The molecule has 4 rings (SSSR count). The molecule has 11 heteroatoms. The quantitative estimate of drug-likeness (QED) is 0.582. The molecule has 8 nitrogen and oxygen atoms in total. The lowest BCUT2D eigenvalue weighted by Crippen LogP contribution is -2.02. The number of nitrogens with one attached hydrogen (secondary N) is 1. The van der Waals surface area contributed by atoms with Crippen molar-refractivity contribution in [2.45, 2.75) is 13.0 Å². The molecule has 4 aromatic rings. The van der Waals surface area contributed by atoms with E-state index in [1.807, 2.05) is 0 Å². The molecule has 1 aromatic carbocycles. The number of aromatic amines is 1. The zero-order valence-corrected chi connectivity index (χ0v) is 12.9. The Kier molecular flexibility index (Phi) is 3.95. The summed E-state index contributed by atoms with van der Waals surface area (Å²) >= 11 is 0. The fraction of sp³-hybridized carbons (Fsp3) is 0.133. The molecule has 0 fully saturated rings. The summed E-state index contributed by atoms with van der Waals surface area (Å²) in [5, 5.41) is 16.9. The number of halogens is 3. The molecule has 0 saturated heterocycles. The average Bonchev–Trinajstić information content (AvgIpc) is 3.30. The molecule has 0 radical (unpaired) electrons. The third-order valence-corrected chi connectivity index (χ3v) is 3.48. The Morgan fingerprint density at radius 2 is 2.08 bits per heavy atom. The zero-order valence-electron chi connectivity index (χ0n) is 12.9. The predicted molar refractivity (Wildman–Crippen MR) is 80.7 cm³/mol. The molecule has 0 saturated carbocycles. The highest BCUT2D eigenvalue weighted by molar-refractivity contribution is 5.80. The molecule has 26 heavy (non-hydrogen) atoms. The number of alkyl halides is 2. The second-order valence-electron chi connectivity index (χ2n) is 5.15. The first-order chi connectivity index (χ1) is 12.6. The van der Waals surface area contributed by atoms with Crippen molar-refractivity contribution < 1.29 is 22.3 Å². The second kappa shape index (κ2) is 6.43. The Bertz CT molecular complexity index is 1060. The smallest absolute Gasteiger partial charge is 0.314 e. The van der Waals surface area contributed by atoms with Crippen LogP contribution in [0.4, 0.5) is 13.2 Å². The van der Waals surface area contributed by atoms with Gasteiger partial charge < -0.3 is 9.15 Å². The van der Waals surface area contributed by atoms with Gasteiger partial charge in [0.1, 0.15) is 23.9 Å². The van der Waals surface area contributed by atoms with Gasteiger partial charge >= 0.3 is 6.43 Å². The van der Waals surface area contributed by atoms with Gasteiger partial charge in [-0.25, -0.2) is 4.39 Å². The van der Waals surface area contributed by atoms with Crippen molar-refractivity contribution in [2.75, 3.05) is 0 Å². The molecule has 0 amide bonds. The number of pyridine rings is 1. The number of aromatic nitrogens is 6. The van der Waals surface area contributed by atoms with Gasteiger partial charge in [-0.05, 0) is 18.2 Å². The first-order valence-corrected chi connectivity index (χ1v) is 7.30. The highest BCUT2D eigenvalue weighted by atomic mass is 19.3. The van der Waals surface area contributed by atoms with Crippen molar-refractivity contribution in [1.82, 2.24) is 30.6 Å². The van der Waals surface area contributed by atoms with Gasteiger partial charge in [0.2, 0.25) is 5.89 Å². The fourth-order valence-electron chi connectivity index (χ4n) is 2.24. The summed E-state index contributed by atoms with van der Waals surface area (Å²) in [5.74, 6) is -1.37. The Morgan fingerprint density at radius 1 is 1.19 bits per heavy atom. The van der Waals surface area contributed by atoms with Crippen molar-refractivity contribution in [1.29, 1.82) is 0 Å². The van der Waals surface area contributed by atoms with E-state index in [1.54, 1.807) is 18.2 Å². The van der Waals surface area contributed by atoms with Crippen LogP contribution in [0.2, 0.25) is 0 Å². The van der Waals surface area contributed by atoms with Crippen LogP contribution in [-0.2, 0) is 6.61 Å². The lowest BCUT2D eigenvalue weighted by atomic mass is 10.2. The maximum Gasteiger partial charge on any atom is 0.314 e. The van der Waals surface area contributed by atoms with E-state index in [0.29, 0.717) is 16.8 Å². The third kappa shape index (κ3) is 2.94. The number of nitrogens with zero attached hydrogens (tertiary/aromatic N) is 5. The fourth-order valence-corrected chi connectivity index (χ4v) is 2.24. The van der Waals surface area contributed by atoms with Crippen LogP contribution >= 0.6 is 0 Å². The molecule has 0 unspecified atom stereocenters. The Balaban J connectivity index is 1.53. The number of rotatable bonds is 5. The van der Waals surface area contributed by atoms with E-state index in [2.05, 4.69) is 30.6 Å². The normalized spacial score (nSPS) is 11.4. The van der Waals surface area contributed by atoms with Gasteiger partial charge in [0, 0.05) is 6.20 Å². The lowest BCUT2D eigenvalue weighted by Gasteiger charge is -2.07. The predicted octanol–water partition coefficient (Wildman–Crippen LogP) is 3.06. The molecule has 0 spiro atoms. The van der Waals surface area contributed by atoms with E-state index in [1.165, 1.54) is 6.20 Å². The Morgan fingerprint density at radius 3 is 2.85 bits per heavy atom. The minimum absolute atomic E-state index is 0.0165. The van der Waals surface area contributed by atoms with Crippen LogP contribution in [0.25, 0.3) is 22.5 Å². The van der Waals surface area contributed by atoms with E-state index in [-0.39, 0.29) is 23.8 Å². The van der Waals surface area contributed by atoms with Crippen LogP contribution < -0.4 is 4.74 Å². The third-order valence-electron chi connectivity index (χ3n) is 3.48. The van der Waals surface area contributed by atoms with Crippen LogP contribution in [0, 0.1) is 5.82 Å². The molecule has 3 heterocycles. The van der Waals surface area contributed by atoms with Crippen molar-refractivity contribution in [3.8, 4) is 17.2 Å². The summed E-state index contributed by atoms with van der Waals surface area (Å²) in [6, 6.07) is 6.24. The summed E-state index contributed by atoms with van der Waals surface area (Å²) in [5.41, 5.74) is 1.29. The van der Waals surface area contributed by atoms with Crippen LogP contribution in [0.1, 0.15) is 18.0 Å². The van der Waals surface area contributed by atoms with E-state index in [4.69, 9.17) is 9.15 Å². The maximum absolute atomic E-state index is 14.2. The first kappa shape index (κ1) is 16.0. The van der Waals surface area contributed by atoms with Gasteiger partial charge in [-0.15, -0.1) is 15.3 Å². The van der Waals surface area contributed by atoms with E-state index >= 15 is 0 Å². The van der Waals surface area contributed by atoms with Gasteiger partial charge in [0.15, 0.2) is 5.52 Å². The van der Waals surface area contributed by atoms with Crippen LogP contribution in [0.3, 0.4) is 0 Å². The monoisotopic (exact) mass is 362 g/mol. The Hall–Kier alpha value is -3.50. The van der Waals surface area contributed by atoms with Crippen molar-refractivity contribution in [3.63, 3.8) is 0 Å². The summed E-state index contributed by atoms with van der Waals surface area (Å²) in [4.78, 5) is 3.93. The number of hydrogen-bond acceptors (Lipinski definition) is 7.